The van der Waals surface area contributed by atoms with E-state index in [9.17, 15) is 4.79 Å². The Hall–Kier alpha value is -2.03. The minimum atomic E-state index is -0.527. The van der Waals surface area contributed by atoms with Crippen LogP contribution >= 0.6 is 0 Å². The molecule has 1 aromatic carbocycles. The monoisotopic (exact) mass is 324 g/mol. The second kappa shape index (κ2) is 6.84. The van der Waals surface area contributed by atoms with Crippen LogP contribution in [0.1, 0.15) is 39.5 Å². The molecule has 1 amide bonds. The van der Waals surface area contributed by atoms with E-state index in [1.165, 1.54) is 24.2 Å². The van der Waals surface area contributed by atoms with Crippen molar-refractivity contribution in [2.24, 2.45) is 11.3 Å². The van der Waals surface area contributed by atoms with Crippen molar-refractivity contribution < 1.29 is 4.79 Å². The van der Waals surface area contributed by atoms with Gasteiger partial charge in [-0.25, -0.2) is 0 Å². The van der Waals surface area contributed by atoms with E-state index < -0.39 is 5.41 Å². The Labute approximate surface area is 145 Å². The molecular weight excluding hydrogens is 296 g/mol. The molecular formula is C21H28N2O. The highest BCUT2D eigenvalue weighted by Gasteiger charge is 2.32. The van der Waals surface area contributed by atoms with Crippen LogP contribution in [-0.4, -0.2) is 18.5 Å². The molecule has 128 valence electrons. The number of hydrogen-bond acceptors (Lipinski definition) is 2. The number of nitrogens with one attached hydrogen (secondary N) is 1. The summed E-state index contributed by atoms with van der Waals surface area (Å²) in [7, 11) is 0. The first-order chi connectivity index (χ1) is 11.5. The summed E-state index contributed by atoms with van der Waals surface area (Å²) < 4.78 is 0. The number of fused-ring (bicyclic) bond motifs is 1. The third-order valence-electron chi connectivity index (χ3n) is 5.34. The van der Waals surface area contributed by atoms with Crippen molar-refractivity contribution in [3.8, 4) is 0 Å². The average Bonchev–Trinajstić information content (AvgIpc) is 2.61. The maximum absolute atomic E-state index is 12.5. The number of carbonyl (C=O) groups excluding carboxylic acids is 1. The van der Waals surface area contributed by atoms with Crippen molar-refractivity contribution in [2.75, 3.05) is 11.4 Å². The van der Waals surface area contributed by atoms with Crippen LogP contribution in [0.4, 0.5) is 5.69 Å². The number of hydrogen-bond donors (Lipinski definition) is 1. The Bertz CT molecular complexity index is 632. The van der Waals surface area contributed by atoms with Gasteiger partial charge in [-0.2, -0.15) is 0 Å². The number of carbonyl (C=O) groups is 1. The van der Waals surface area contributed by atoms with Crippen molar-refractivity contribution in [1.82, 2.24) is 5.32 Å². The summed E-state index contributed by atoms with van der Waals surface area (Å²) in [6.07, 6.45) is 8.67. The van der Waals surface area contributed by atoms with Crippen molar-refractivity contribution >= 4 is 11.6 Å². The molecule has 3 nitrogen and oxygen atoms in total. The van der Waals surface area contributed by atoms with E-state index >= 15 is 0 Å². The van der Waals surface area contributed by atoms with E-state index in [1.54, 1.807) is 6.08 Å². The van der Waals surface area contributed by atoms with Gasteiger partial charge in [0.25, 0.3) is 0 Å². The third-order valence-corrected chi connectivity index (χ3v) is 5.34. The molecule has 2 unspecified atom stereocenters. The third kappa shape index (κ3) is 3.40. The second-order valence-electron chi connectivity index (χ2n) is 7.50. The molecule has 0 spiro atoms. The summed E-state index contributed by atoms with van der Waals surface area (Å²) in [5.74, 6) is 0.680. The van der Waals surface area contributed by atoms with Crippen molar-refractivity contribution in [3.63, 3.8) is 0 Å². The number of amides is 1. The fourth-order valence-electron chi connectivity index (χ4n) is 3.63. The number of rotatable bonds is 4. The van der Waals surface area contributed by atoms with Gasteiger partial charge in [0.15, 0.2) is 0 Å². The van der Waals surface area contributed by atoms with Gasteiger partial charge < -0.3 is 10.2 Å². The van der Waals surface area contributed by atoms with Crippen LogP contribution in [0.15, 0.2) is 54.8 Å². The Kier molecular flexibility index (Phi) is 4.79. The predicted octanol–water partition coefficient (Wildman–Crippen LogP) is 4.28. The summed E-state index contributed by atoms with van der Waals surface area (Å²) >= 11 is 0. The van der Waals surface area contributed by atoms with Gasteiger partial charge in [0.1, 0.15) is 0 Å². The first-order valence-corrected chi connectivity index (χ1v) is 9.00. The number of allylic oxidation sites excluding steroid dienone is 1. The first-order valence-electron chi connectivity index (χ1n) is 9.00. The fourth-order valence-corrected chi connectivity index (χ4v) is 3.63. The Morgan fingerprint density at radius 3 is 2.71 bits per heavy atom. The van der Waals surface area contributed by atoms with E-state index in [1.807, 2.05) is 13.8 Å². The van der Waals surface area contributed by atoms with Crippen molar-refractivity contribution in [2.45, 2.75) is 45.6 Å². The minimum absolute atomic E-state index is 0.0554. The van der Waals surface area contributed by atoms with E-state index in [0.717, 1.165) is 19.4 Å². The summed E-state index contributed by atoms with van der Waals surface area (Å²) in [5, 5.41) is 3.20. The van der Waals surface area contributed by atoms with Gasteiger partial charge in [-0.3, -0.25) is 4.79 Å². The lowest BCUT2D eigenvalue weighted by Crippen LogP contribution is -2.45. The molecule has 1 N–H and O–H groups in total. The largest absolute Gasteiger partial charge is 0.349 e. The zero-order chi connectivity index (χ0) is 17.2. The van der Waals surface area contributed by atoms with Gasteiger partial charge in [-0.15, -0.1) is 6.58 Å². The Balaban J connectivity index is 1.81. The van der Waals surface area contributed by atoms with Crippen LogP contribution in [0.25, 0.3) is 0 Å². The van der Waals surface area contributed by atoms with Gasteiger partial charge in [-0.1, -0.05) is 24.3 Å². The van der Waals surface area contributed by atoms with Gasteiger partial charge in [0, 0.05) is 24.0 Å². The van der Waals surface area contributed by atoms with Crippen LogP contribution in [0.2, 0.25) is 0 Å². The quantitative estimate of drug-likeness (QED) is 0.839. The Morgan fingerprint density at radius 1 is 1.25 bits per heavy atom. The molecule has 1 saturated heterocycles. The molecule has 0 aromatic heterocycles. The molecule has 2 atom stereocenters. The average molecular weight is 324 g/mol. The zero-order valence-corrected chi connectivity index (χ0v) is 14.8. The SMILES string of the molecule is C=CC(C)(C)C(=O)NC1C=C2C(CCCN2c2ccccc2)CC1. The highest BCUT2D eigenvalue weighted by atomic mass is 16.2. The van der Waals surface area contributed by atoms with Crippen LogP contribution in [0, 0.1) is 11.3 Å². The Morgan fingerprint density at radius 2 is 2.00 bits per heavy atom. The lowest BCUT2D eigenvalue weighted by atomic mass is 9.82. The lowest BCUT2D eigenvalue weighted by Gasteiger charge is -2.41. The van der Waals surface area contributed by atoms with Crippen molar-refractivity contribution in [3.05, 3.63) is 54.8 Å². The summed E-state index contributed by atoms with van der Waals surface area (Å²) in [5.41, 5.74) is 2.12. The number of benzene rings is 1. The van der Waals surface area contributed by atoms with Crippen LogP contribution < -0.4 is 10.2 Å². The highest BCUT2D eigenvalue weighted by Crippen LogP contribution is 2.37. The topological polar surface area (TPSA) is 32.3 Å². The van der Waals surface area contributed by atoms with Crippen molar-refractivity contribution in [1.29, 1.82) is 0 Å². The standard InChI is InChI=1S/C21H28N2O/c1-4-21(2,3)20(24)22-17-13-12-16-9-8-14-23(19(16)15-17)18-10-6-5-7-11-18/h4-7,10-11,15-17H,1,8-9,12-14H2,2-3H3,(H,22,24). The second-order valence-corrected chi connectivity index (χ2v) is 7.50. The van der Waals surface area contributed by atoms with Crippen LogP contribution in [-0.2, 0) is 4.79 Å². The molecule has 0 saturated carbocycles. The first kappa shape index (κ1) is 16.8. The predicted molar refractivity (Wildman–Crippen MR) is 99.7 cm³/mol. The van der Waals surface area contributed by atoms with Crippen LogP contribution in [0.5, 0.6) is 0 Å². The van der Waals surface area contributed by atoms with E-state index in [2.05, 4.69) is 53.2 Å². The molecule has 2 aliphatic rings. The molecule has 3 heteroatoms. The molecule has 24 heavy (non-hydrogen) atoms. The maximum atomic E-state index is 12.5. The molecule has 1 aromatic rings. The number of nitrogens with zero attached hydrogens (tertiary/aromatic N) is 1. The summed E-state index contributed by atoms with van der Waals surface area (Å²) in [6, 6.07) is 10.7. The number of piperidine rings is 1. The van der Waals surface area contributed by atoms with E-state index in [-0.39, 0.29) is 11.9 Å². The smallest absolute Gasteiger partial charge is 0.229 e. The maximum Gasteiger partial charge on any atom is 0.229 e. The normalized spacial score (nSPS) is 23.9. The molecule has 1 aliphatic heterocycles. The van der Waals surface area contributed by atoms with Gasteiger partial charge in [0.05, 0.1) is 5.41 Å². The van der Waals surface area contributed by atoms with Gasteiger partial charge in [0.2, 0.25) is 5.91 Å². The highest BCUT2D eigenvalue weighted by molar-refractivity contribution is 5.84. The molecule has 3 rings (SSSR count). The van der Waals surface area contributed by atoms with Gasteiger partial charge >= 0.3 is 0 Å². The zero-order valence-electron chi connectivity index (χ0n) is 14.8. The minimum Gasteiger partial charge on any atom is -0.349 e. The van der Waals surface area contributed by atoms with Crippen LogP contribution in [0.3, 0.4) is 0 Å². The summed E-state index contributed by atoms with van der Waals surface area (Å²) in [4.78, 5) is 14.9. The van der Waals surface area contributed by atoms with E-state index in [4.69, 9.17) is 0 Å². The number of para-hydroxylation sites is 1. The lowest BCUT2D eigenvalue weighted by molar-refractivity contribution is -0.127. The summed E-state index contributed by atoms with van der Waals surface area (Å²) in [6.45, 7) is 8.66. The molecule has 1 heterocycles. The number of anilines is 1. The molecule has 0 bridgehead atoms. The molecule has 0 radical (unpaired) electrons. The fraction of sp³-hybridized carbons (Fsp3) is 0.476. The van der Waals surface area contributed by atoms with Gasteiger partial charge in [-0.05, 0) is 63.7 Å². The van der Waals surface area contributed by atoms with E-state index in [0.29, 0.717) is 5.92 Å². The molecule has 1 fully saturated rings. The molecule has 1 aliphatic carbocycles.